The normalized spacial score (nSPS) is 11.4. The summed E-state index contributed by atoms with van der Waals surface area (Å²) in [5.41, 5.74) is 2.46. The number of aromatic nitrogens is 1. The van der Waals surface area contributed by atoms with Gasteiger partial charge in [-0.15, -0.1) is 0 Å². The lowest BCUT2D eigenvalue weighted by Gasteiger charge is -2.18. The highest BCUT2D eigenvalue weighted by Gasteiger charge is 2.15. The zero-order valence-electron chi connectivity index (χ0n) is 13.5. The molecule has 0 atom stereocenters. The Morgan fingerprint density at radius 2 is 1.65 bits per heavy atom. The van der Waals surface area contributed by atoms with Crippen molar-refractivity contribution in [1.82, 2.24) is 4.98 Å². The molecule has 2 aromatic carbocycles. The van der Waals surface area contributed by atoms with E-state index < -0.39 is 0 Å². The molecule has 0 fully saturated rings. The van der Waals surface area contributed by atoms with Gasteiger partial charge in [-0.05, 0) is 35.2 Å². The monoisotopic (exact) mass is 305 g/mol. The predicted octanol–water partition coefficient (Wildman–Crippen LogP) is 4.75. The van der Waals surface area contributed by atoms with E-state index in [1.807, 2.05) is 48.5 Å². The van der Waals surface area contributed by atoms with Gasteiger partial charge in [-0.3, -0.25) is 4.98 Å². The molecule has 0 spiro atoms. The third kappa shape index (κ3) is 3.24. The van der Waals surface area contributed by atoms with Crippen LogP contribution in [-0.2, 0) is 5.41 Å². The molecule has 0 amide bonds. The Balaban J connectivity index is 1.86. The summed E-state index contributed by atoms with van der Waals surface area (Å²) in [4.78, 5) is 16.7. The molecule has 1 heterocycles. The predicted molar refractivity (Wildman–Crippen MR) is 91.8 cm³/mol. The molecule has 0 aliphatic heterocycles. The SMILES string of the molecule is CC(C)(C)c1ccc(C(=O)Oc2cccc3cccnc23)cc1. The number of carbonyl (C=O) groups excluding carboxylic acids is 1. The number of hydrogen-bond donors (Lipinski definition) is 0. The van der Waals surface area contributed by atoms with Crippen LogP contribution in [0.5, 0.6) is 5.75 Å². The number of para-hydroxylation sites is 1. The number of esters is 1. The maximum absolute atomic E-state index is 12.4. The molecular formula is C20H19NO2. The molecule has 3 rings (SSSR count). The van der Waals surface area contributed by atoms with Crippen molar-refractivity contribution in [3.8, 4) is 5.75 Å². The standard InChI is InChI=1S/C20H19NO2/c1-20(2,3)16-11-9-15(10-12-16)19(22)23-17-8-4-6-14-7-5-13-21-18(14)17/h4-13H,1-3H3. The minimum Gasteiger partial charge on any atom is -0.421 e. The quantitative estimate of drug-likeness (QED) is 0.506. The van der Waals surface area contributed by atoms with Crippen LogP contribution in [0.15, 0.2) is 60.8 Å². The maximum atomic E-state index is 12.4. The molecule has 0 unspecified atom stereocenters. The number of benzene rings is 2. The summed E-state index contributed by atoms with van der Waals surface area (Å²) in [5.74, 6) is 0.108. The van der Waals surface area contributed by atoms with E-state index in [0.717, 1.165) is 5.39 Å². The van der Waals surface area contributed by atoms with Crippen LogP contribution >= 0.6 is 0 Å². The number of fused-ring (bicyclic) bond motifs is 1. The summed E-state index contributed by atoms with van der Waals surface area (Å²) in [6, 6.07) is 16.9. The second kappa shape index (κ2) is 5.84. The lowest BCUT2D eigenvalue weighted by molar-refractivity contribution is 0.0736. The molecule has 0 saturated carbocycles. The number of hydrogen-bond acceptors (Lipinski definition) is 3. The molecule has 0 bridgehead atoms. The van der Waals surface area contributed by atoms with E-state index in [0.29, 0.717) is 16.8 Å². The van der Waals surface area contributed by atoms with E-state index >= 15 is 0 Å². The van der Waals surface area contributed by atoms with E-state index in [4.69, 9.17) is 4.74 Å². The van der Waals surface area contributed by atoms with E-state index in [1.165, 1.54) is 5.56 Å². The van der Waals surface area contributed by atoms with E-state index in [2.05, 4.69) is 25.8 Å². The molecule has 0 saturated heterocycles. The average Bonchev–Trinajstić information content (AvgIpc) is 2.54. The summed E-state index contributed by atoms with van der Waals surface area (Å²) in [6.07, 6.45) is 1.69. The van der Waals surface area contributed by atoms with Crippen molar-refractivity contribution in [2.24, 2.45) is 0 Å². The summed E-state index contributed by atoms with van der Waals surface area (Å²) in [7, 11) is 0. The summed E-state index contributed by atoms with van der Waals surface area (Å²) in [5, 5.41) is 0.945. The van der Waals surface area contributed by atoms with E-state index in [-0.39, 0.29) is 11.4 Å². The third-order valence-electron chi connectivity index (χ3n) is 3.78. The van der Waals surface area contributed by atoms with Gasteiger partial charge in [-0.2, -0.15) is 0 Å². The van der Waals surface area contributed by atoms with Crippen molar-refractivity contribution in [1.29, 1.82) is 0 Å². The number of nitrogens with zero attached hydrogens (tertiary/aromatic N) is 1. The second-order valence-electron chi connectivity index (χ2n) is 6.55. The smallest absolute Gasteiger partial charge is 0.343 e. The van der Waals surface area contributed by atoms with Crippen LogP contribution in [0.4, 0.5) is 0 Å². The summed E-state index contributed by atoms with van der Waals surface area (Å²) >= 11 is 0. The second-order valence-corrected chi connectivity index (χ2v) is 6.55. The molecule has 0 aliphatic carbocycles. The first-order chi connectivity index (χ1) is 10.9. The number of pyridine rings is 1. The number of rotatable bonds is 2. The van der Waals surface area contributed by atoms with Crippen molar-refractivity contribution < 1.29 is 9.53 Å². The van der Waals surface area contributed by atoms with E-state index in [9.17, 15) is 4.79 Å². The number of carbonyl (C=O) groups is 1. The molecule has 0 N–H and O–H groups in total. The van der Waals surface area contributed by atoms with Crippen LogP contribution in [-0.4, -0.2) is 11.0 Å². The fourth-order valence-electron chi connectivity index (χ4n) is 2.42. The lowest BCUT2D eigenvalue weighted by Crippen LogP contribution is -2.13. The molecule has 1 aromatic heterocycles. The zero-order valence-corrected chi connectivity index (χ0v) is 13.5. The van der Waals surface area contributed by atoms with Crippen molar-refractivity contribution in [2.75, 3.05) is 0 Å². The molecule has 0 radical (unpaired) electrons. The fraction of sp³-hybridized carbons (Fsp3) is 0.200. The van der Waals surface area contributed by atoms with Gasteiger partial charge < -0.3 is 4.74 Å². The van der Waals surface area contributed by atoms with Gasteiger partial charge in [0.25, 0.3) is 0 Å². The Morgan fingerprint density at radius 3 is 2.35 bits per heavy atom. The lowest BCUT2D eigenvalue weighted by atomic mass is 9.87. The van der Waals surface area contributed by atoms with Gasteiger partial charge in [0, 0.05) is 11.6 Å². The molecule has 0 aliphatic rings. The Bertz CT molecular complexity index is 840. The minimum atomic E-state index is -0.372. The molecule has 3 nitrogen and oxygen atoms in total. The Kier molecular flexibility index (Phi) is 3.87. The summed E-state index contributed by atoms with van der Waals surface area (Å²) in [6.45, 7) is 6.42. The Labute approximate surface area is 135 Å². The maximum Gasteiger partial charge on any atom is 0.343 e. The highest BCUT2D eigenvalue weighted by Crippen LogP contribution is 2.25. The van der Waals surface area contributed by atoms with Crippen molar-refractivity contribution in [2.45, 2.75) is 26.2 Å². The molecule has 23 heavy (non-hydrogen) atoms. The van der Waals surface area contributed by atoms with Crippen molar-refractivity contribution in [3.63, 3.8) is 0 Å². The first kappa shape index (κ1) is 15.2. The van der Waals surface area contributed by atoms with Gasteiger partial charge in [-0.1, -0.05) is 51.1 Å². The van der Waals surface area contributed by atoms with Crippen LogP contribution in [0.25, 0.3) is 10.9 Å². The number of ether oxygens (including phenoxy) is 1. The Hall–Kier alpha value is -2.68. The molecule has 3 heteroatoms. The third-order valence-corrected chi connectivity index (χ3v) is 3.78. The van der Waals surface area contributed by atoms with Crippen LogP contribution in [0, 0.1) is 0 Å². The van der Waals surface area contributed by atoms with Crippen molar-refractivity contribution >= 4 is 16.9 Å². The van der Waals surface area contributed by atoms with Gasteiger partial charge in [0.2, 0.25) is 0 Å². The summed E-state index contributed by atoms with van der Waals surface area (Å²) < 4.78 is 5.54. The first-order valence-electron chi connectivity index (χ1n) is 7.61. The minimum absolute atomic E-state index is 0.0575. The zero-order chi connectivity index (χ0) is 16.4. The fourth-order valence-corrected chi connectivity index (χ4v) is 2.42. The molecule has 3 aromatic rings. The Morgan fingerprint density at radius 1 is 0.957 bits per heavy atom. The average molecular weight is 305 g/mol. The first-order valence-corrected chi connectivity index (χ1v) is 7.61. The van der Waals surface area contributed by atoms with Gasteiger partial charge in [0.1, 0.15) is 5.52 Å². The van der Waals surface area contributed by atoms with Crippen LogP contribution < -0.4 is 4.74 Å². The topological polar surface area (TPSA) is 39.2 Å². The largest absolute Gasteiger partial charge is 0.421 e. The van der Waals surface area contributed by atoms with Gasteiger partial charge in [0.15, 0.2) is 5.75 Å². The van der Waals surface area contributed by atoms with Gasteiger partial charge >= 0.3 is 5.97 Å². The molecule has 116 valence electrons. The molecular weight excluding hydrogens is 286 g/mol. The van der Waals surface area contributed by atoms with E-state index in [1.54, 1.807) is 12.3 Å². The van der Waals surface area contributed by atoms with Crippen LogP contribution in [0.1, 0.15) is 36.7 Å². The van der Waals surface area contributed by atoms with Crippen LogP contribution in [0.2, 0.25) is 0 Å². The van der Waals surface area contributed by atoms with Gasteiger partial charge in [0.05, 0.1) is 5.56 Å². The highest BCUT2D eigenvalue weighted by molar-refractivity contribution is 5.94. The highest BCUT2D eigenvalue weighted by atomic mass is 16.5. The van der Waals surface area contributed by atoms with Crippen molar-refractivity contribution in [3.05, 3.63) is 71.9 Å². The van der Waals surface area contributed by atoms with Gasteiger partial charge in [-0.25, -0.2) is 4.79 Å². The van der Waals surface area contributed by atoms with Crippen LogP contribution in [0.3, 0.4) is 0 Å².